The number of thioether (sulfide) groups is 1. The molecule has 0 saturated carbocycles. The molecule has 2 amide bonds. The Morgan fingerprint density at radius 3 is 2.35 bits per heavy atom. The first-order valence-electron chi connectivity index (χ1n) is 8.03. The minimum Gasteiger partial charge on any atom is -0.477 e. The lowest BCUT2D eigenvalue weighted by Gasteiger charge is -2.19. The van der Waals surface area contributed by atoms with Crippen molar-refractivity contribution in [1.82, 2.24) is 9.27 Å². The summed E-state index contributed by atoms with van der Waals surface area (Å²) in [6, 6.07) is 7.91. The quantitative estimate of drug-likeness (QED) is 0.730. The van der Waals surface area contributed by atoms with Crippen LogP contribution in [0.2, 0.25) is 0 Å². The highest BCUT2D eigenvalue weighted by molar-refractivity contribution is 7.98. The van der Waals surface area contributed by atoms with E-state index in [1.807, 2.05) is 0 Å². The van der Waals surface area contributed by atoms with Crippen LogP contribution in [0, 0.1) is 0 Å². The van der Waals surface area contributed by atoms with E-state index < -0.39 is 5.97 Å². The number of benzene rings is 1. The number of aromatic carboxylic acids is 1. The average Bonchev–Trinajstić information content (AvgIpc) is 2.95. The molecule has 0 bridgehead atoms. The fourth-order valence-corrected chi connectivity index (χ4v) is 4.00. The number of carbonyl (C=O) groups is 2. The number of urea groups is 1. The Hall–Kier alpha value is -2.06. The number of carboxylic acids is 1. The molecule has 1 aromatic heterocycles. The van der Waals surface area contributed by atoms with Gasteiger partial charge in [-0.3, -0.25) is 5.32 Å². The summed E-state index contributed by atoms with van der Waals surface area (Å²) >= 11 is 2.33. The monoisotopic (exact) mass is 393 g/mol. The van der Waals surface area contributed by atoms with Gasteiger partial charge in [-0.1, -0.05) is 56.8 Å². The second kappa shape index (κ2) is 8.09. The Balaban J connectivity index is 2.13. The van der Waals surface area contributed by atoms with E-state index in [0.29, 0.717) is 10.8 Å². The molecule has 0 aliphatic heterocycles. The van der Waals surface area contributed by atoms with Crippen LogP contribution >= 0.6 is 23.3 Å². The van der Waals surface area contributed by atoms with Crippen molar-refractivity contribution in [2.75, 3.05) is 19.4 Å². The summed E-state index contributed by atoms with van der Waals surface area (Å²) in [4.78, 5) is 24.7. The van der Waals surface area contributed by atoms with Gasteiger partial charge in [0.15, 0.2) is 0 Å². The molecule has 2 rings (SSSR count). The van der Waals surface area contributed by atoms with Crippen molar-refractivity contribution >= 4 is 40.3 Å². The standard InChI is InChI=1S/C18H23N3O3S2/c1-18(2,3)12-8-6-11(7-9-12)10-25-15-13(16(22)23)14(26-20-15)19-17(24)21(4)5/h6-9H,10H2,1-5H3,(H,19,24)(H,22,23). The minimum absolute atomic E-state index is 0.0431. The zero-order valence-corrected chi connectivity index (χ0v) is 17.1. The predicted octanol–water partition coefficient (Wildman–Crippen LogP) is 4.52. The van der Waals surface area contributed by atoms with E-state index in [1.165, 1.54) is 22.2 Å². The fourth-order valence-electron chi connectivity index (χ4n) is 2.11. The third-order valence-electron chi connectivity index (χ3n) is 3.70. The second-order valence-electron chi connectivity index (χ2n) is 7.06. The topological polar surface area (TPSA) is 82.5 Å². The molecule has 1 aromatic carbocycles. The van der Waals surface area contributed by atoms with Crippen molar-refractivity contribution in [2.24, 2.45) is 0 Å². The SMILES string of the molecule is CN(C)C(=O)Nc1snc(SCc2ccc(C(C)(C)C)cc2)c1C(=O)O. The Morgan fingerprint density at radius 1 is 1.23 bits per heavy atom. The predicted molar refractivity (Wildman–Crippen MR) is 106 cm³/mol. The van der Waals surface area contributed by atoms with Crippen LogP contribution in [0.25, 0.3) is 0 Å². The van der Waals surface area contributed by atoms with Gasteiger partial charge in [0.25, 0.3) is 0 Å². The summed E-state index contributed by atoms with van der Waals surface area (Å²) in [6.45, 7) is 6.48. The third-order valence-corrected chi connectivity index (χ3v) is 5.62. The molecule has 140 valence electrons. The van der Waals surface area contributed by atoms with Crippen LogP contribution in [0.15, 0.2) is 29.3 Å². The number of anilines is 1. The summed E-state index contributed by atoms with van der Waals surface area (Å²) in [5.74, 6) is -0.492. The minimum atomic E-state index is -1.10. The first-order chi connectivity index (χ1) is 12.1. The van der Waals surface area contributed by atoms with Gasteiger partial charge in [0, 0.05) is 19.8 Å². The van der Waals surface area contributed by atoms with Gasteiger partial charge < -0.3 is 10.0 Å². The fraction of sp³-hybridized carbons (Fsp3) is 0.389. The largest absolute Gasteiger partial charge is 0.477 e. The number of nitrogens with zero attached hydrogens (tertiary/aromatic N) is 2. The van der Waals surface area contributed by atoms with Crippen molar-refractivity contribution in [3.05, 3.63) is 41.0 Å². The first-order valence-corrected chi connectivity index (χ1v) is 9.79. The summed E-state index contributed by atoms with van der Waals surface area (Å²) < 4.78 is 4.21. The maximum atomic E-state index is 11.8. The highest BCUT2D eigenvalue weighted by Crippen LogP contribution is 2.34. The van der Waals surface area contributed by atoms with E-state index in [-0.39, 0.29) is 22.0 Å². The summed E-state index contributed by atoms with van der Waals surface area (Å²) in [5, 5.41) is 12.7. The molecule has 0 fully saturated rings. The number of rotatable bonds is 5. The molecule has 8 heteroatoms. The van der Waals surface area contributed by atoms with Gasteiger partial charge in [-0.05, 0) is 28.1 Å². The van der Waals surface area contributed by atoms with Gasteiger partial charge in [0.2, 0.25) is 0 Å². The van der Waals surface area contributed by atoms with Crippen LogP contribution in [0.5, 0.6) is 0 Å². The van der Waals surface area contributed by atoms with E-state index in [1.54, 1.807) is 14.1 Å². The van der Waals surface area contributed by atoms with E-state index in [0.717, 1.165) is 17.1 Å². The summed E-state index contributed by atoms with van der Waals surface area (Å²) in [6.07, 6.45) is 0. The molecular formula is C18H23N3O3S2. The number of carboxylic acid groups (broad SMARTS) is 1. The van der Waals surface area contributed by atoms with E-state index >= 15 is 0 Å². The number of carbonyl (C=O) groups excluding carboxylic acids is 1. The number of nitrogens with one attached hydrogen (secondary N) is 1. The second-order valence-corrected chi connectivity index (χ2v) is 8.79. The normalized spacial score (nSPS) is 11.3. The van der Waals surface area contributed by atoms with Crippen LogP contribution < -0.4 is 5.32 Å². The van der Waals surface area contributed by atoms with Crippen LogP contribution in [0.4, 0.5) is 9.80 Å². The zero-order valence-electron chi connectivity index (χ0n) is 15.5. The Morgan fingerprint density at radius 2 is 1.85 bits per heavy atom. The van der Waals surface area contributed by atoms with Crippen LogP contribution in [0.3, 0.4) is 0 Å². The third kappa shape index (κ3) is 4.98. The van der Waals surface area contributed by atoms with E-state index in [9.17, 15) is 14.7 Å². The Kier molecular flexibility index (Phi) is 6.30. The molecule has 0 unspecified atom stereocenters. The van der Waals surface area contributed by atoms with Crippen LogP contribution in [0.1, 0.15) is 42.3 Å². The molecule has 0 radical (unpaired) electrons. The molecule has 0 aliphatic rings. The van der Waals surface area contributed by atoms with Crippen molar-refractivity contribution in [3.63, 3.8) is 0 Å². The lowest BCUT2D eigenvalue weighted by Crippen LogP contribution is -2.27. The molecule has 0 aliphatic carbocycles. The molecule has 2 aromatic rings. The number of hydrogen-bond acceptors (Lipinski definition) is 5. The number of hydrogen-bond donors (Lipinski definition) is 2. The zero-order chi connectivity index (χ0) is 19.5. The van der Waals surface area contributed by atoms with Crippen molar-refractivity contribution < 1.29 is 14.7 Å². The lowest BCUT2D eigenvalue weighted by atomic mass is 9.87. The van der Waals surface area contributed by atoms with Crippen molar-refractivity contribution in [3.8, 4) is 0 Å². The van der Waals surface area contributed by atoms with Gasteiger partial charge in [0.1, 0.15) is 15.6 Å². The van der Waals surface area contributed by atoms with Gasteiger partial charge in [-0.25, -0.2) is 9.59 Å². The molecule has 0 spiro atoms. The highest BCUT2D eigenvalue weighted by atomic mass is 32.2. The van der Waals surface area contributed by atoms with E-state index in [2.05, 4.69) is 54.7 Å². The van der Waals surface area contributed by atoms with Crippen LogP contribution in [-0.2, 0) is 11.2 Å². The molecule has 6 nitrogen and oxygen atoms in total. The molecular weight excluding hydrogens is 370 g/mol. The van der Waals surface area contributed by atoms with Crippen LogP contribution in [-0.4, -0.2) is 40.5 Å². The molecule has 0 saturated heterocycles. The summed E-state index contributed by atoms with van der Waals surface area (Å²) in [5.41, 5.74) is 2.48. The van der Waals surface area contributed by atoms with Crippen molar-refractivity contribution in [2.45, 2.75) is 37.0 Å². The highest BCUT2D eigenvalue weighted by Gasteiger charge is 2.23. The first kappa shape index (κ1) is 20.3. The number of amides is 2. The van der Waals surface area contributed by atoms with Gasteiger partial charge in [-0.15, -0.1) is 0 Å². The maximum absolute atomic E-state index is 11.8. The molecule has 0 atom stereocenters. The van der Waals surface area contributed by atoms with Gasteiger partial charge in [0.05, 0.1) is 0 Å². The smallest absolute Gasteiger partial charge is 0.341 e. The lowest BCUT2D eigenvalue weighted by molar-refractivity contribution is 0.0694. The maximum Gasteiger partial charge on any atom is 0.341 e. The number of aromatic nitrogens is 1. The Labute approximate surface area is 161 Å². The van der Waals surface area contributed by atoms with Gasteiger partial charge >= 0.3 is 12.0 Å². The molecule has 2 N–H and O–H groups in total. The molecule has 26 heavy (non-hydrogen) atoms. The van der Waals surface area contributed by atoms with E-state index in [4.69, 9.17) is 0 Å². The van der Waals surface area contributed by atoms with Gasteiger partial charge in [-0.2, -0.15) is 4.37 Å². The van der Waals surface area contributed by atoms with Crippen molar-refractivity contribution in [1.29, 1.82) is 0 Å². The molecule has 1 heterocycles. The Bertz CT molecular complexity index is 793. The summed E-state index contributed by atoms with van der Waals surface area (Å²) in [7, 11) is 3.18. The average molecular weight is 394 g/mol.